The predicted octanol–water partition coefficient (Wildman–Crippen LogP) is 5.35. The van der Waals surface area contributed by atoms with Gasteiger partial charge >= 0.3 is 11.9 Å². The summed E-state index contributed by atoms with van der Waals surface area (Å²) >= 11 is 0. The van der Waals surface area contributed by atoms with Crippen molar-refractivity contribution in [3.05, 3.63) is 108 Å². The molecule has 1 atom stereocenters. The number of rotatable bonds is 9. The van der Waals surface area contributed by atoms with E-state index in [-0.39, 0.29) is 30.9 Å². The lowest BCUT2D eigenvalue weighted by molar-refractivity contribution is -0.150. The number of nitrogens with zero attached hydrogens (tertiary/aromatic N) is 3. The second-order valence-corrected chi connectivity index (χ2v) is 10.8. The summed E-state index contributed by atoms with van der Waals surface area (Å²) in [5.41, 5.74) is 3.48. The number of ketones is 1. The van der Waals surface area contributed by atoms with Gasteiger partial charge in [0.05, 0.1) is 23.8 Å². The van der Waals surface area contributed by atoms with Crippen LogP contribution in [0.1, 0.15) is 41.3 Å². The van der Waals surface area contributed by atoms with Gasteiger partial charge < -0.3 is 20.1 Å². The minimum atomic E-state index is -1.08. The molecule has 0 fully saturated rings. The maximum atomic E-state index is 13.1. The number of amides is 1. The number of ether oxygens (including phenoxy) is 2. The molecule has 1 amide bonds. The van der Waals surface area contributed by atoms with Crippen molar-refractivity contribution in [1.29, 1.82) is 0 Å². The fourth-order valence-corrected chi connectivity index (χ4v) is 4.87. The van der Waals surface area contributed by atoms with Gasteiger partial charge in [-0.3, -0.25) is 19.4 Å². The summed E-state index contributed by atoms with van der Waals surface area (Å²) < 4.78 is 10.2. The largest absolute Gasteiger partial charge is 0.468 e. The molecule has 11 nitrogen and oxygen atoms in total. The number of aryl methyl sites for hydroxylation is 1. The van der Waals surface area contributed by atoms with Gasteiger partial charge in [0, 0.05) is 47.5 Å². The number of esters is 2. The molecule has 2 N–H and O–H groups in total. The number of methoxy groups -OCH3 is 1. The summed E-state index contributed by atoms with van der Waals surface area (Å²) in [6.45, 7) is 3.35. The van der Waals surface area contributed by atoms with Gasteiger partial charge in [0.25, 0.3) is 5.91 Å². The summed E-state index contributed by atoms with van der Waals surface area (Å²) in [6.07, 6.45) is 6.71. The molecule has 11 heteroatoms. The molecular formula is C34H31N5O6. The molecule has 0 bridgehead atoms. The van der Waals surface area contributed by atoms with E-state index in [1.54, 1.807) is 55.8 Å². The van der Waals surface area contributed by atoms with Gasteiger partial charge in [-0.15, -0.1) is 0 Å². The highest BCUT2D eigenvalue weighted by Crippen LogP contribution is 2.34. The van der Waals surface area contributed by atoms with Crippen molar-refractivity contribution in [3.8, 4) is 11.3 Å². The number of anilines is 3. The van der Waals surface area contributed by atoms with E-state index in [0.717, 1.165) is 22.5 Å². The summed E-state index contributed by atoms with van der Waals surface area (Å²) in [4.78, 5) is 63.4. The van der Waals surface area contributed by atoms with E-state index in [4.69, 9.17) is 9.47 Å². The van der Waals surface area contributed by atoms with Crippen LogP contribution >= 0.6 is 0 Å². The maximum Gasteiger partial charge on any atom is 0.341 e. The van der Waals surface area contributed by atoms with Crippen LogP contribution in [-0.2, 0) is 30.5 Å². The number of aromatic nitrogens is 3. The lowest BCUT2D eigenvalue weighted by atomic mass is 9.77. The van der Waals surface area contributed by atoms with Gasteiger partial charge in [0.1, 0.15) is 6.61 Å². The van der Waals surface area contributed by atoms with E-state index in [1.807, 2.05) is 37.3 Å². The minimum absolute atomic E-state index is 0.0336. The normalized spacial score (nSPS) is 15.9. The van der Waals surface area contributed by atoms with Crippen LogP contribution in [0, 0.1) is 12.3 Å². The zero-order chi connectivity index (χ0) is 32.0. The minimum Gasteiger partial charge on any atom is -0.468 e. The highest BCUT2D eigenvalue weighted by atomic mass is 16.5. The van der Waals surface area contributed by atoms with Gasteiger partial charge in [-0.25, -0.2) is 14.8 Å². The number of hydrogen-bond donors (Lipinski definition) is 2. The van der Waals surface area contributed by atoms with E-state index >= 15 is 0 Å². The van der Waals surface area contributed by atoms with E-state index in [0.29, 0.717) is 22.8 Å². The third-order valence-electron chi connectivity index (χ3n) is 7.41. The van der Waals surface area contributed by atoms with Gasteiger partial charge in [0.2, 0.25) is 5.95 Å². The Labute approximate surface area is 259 Å². The Bertz CT molecular complexity index is 1810. The van der Waals surface area contributed by atoms with Crippen molar-refractivity contribution >= 4 is 41.0 Å². The van der Waals surface area contributed by atoms with Crippen LogP contribution in [0.3, 0.4) is 0 Å². The number of benzene rings is 2. The van der Waals surface area contributed by atoms with Crippen LogP contribution in [0.2, 0.25) is 0 Å². The molecule has 2 aromatic carbocycles. The lowest BCUT2D eigenvalue weighted by Gasteiger charge is -2.27. The summed E-state index contributed by atoms with van der Waals surface area (Å²) in [5.74, 6) is -1.68. The van der Waals surface area contributed by atoms with Crippen LogP contribution in [0.15, 0.2) is 90.9 Å². The number of hydrogen-bond acceptors (Lipinski definition) is 10. The van der Waals surface area contributed by atoms with Crippen molar-refractivity contribution in [1.82, 2.24) is 15.0 Å². The number of pyridine rings is 1. The molecule has 45 heavy (non-hydrogen) atoms. The van der Waals surface area contributed by atoms with Crippen LogP contribution in [-0.4, -0.2) is 45.7 Å². The molecule has 2 aromatic heterocycles. The maximum absolute atomic E-state index is 13.1. The van der Waals surface area contributed by atoms with Crippen molar-refractivity contribution in [2.45, 2.75) is 33.3 Å². The fraction of sp³-hybridized carbons (Fsp3) is 0.206. The molecule has 0 aliphatic heterocycles. The lowest BCUT2D eigenvalue weighted by Crippen LogP contribution is -2.34. The molecule has 2 heterocycles. The molecule has 0 radical (unpaired) electrons. The van der Waals surface area contributed by atoms with Crippen molar-refractivity contribution < 1.29 is 28.7 Å². The first-order valence-electron chi connectivity index (χ1n) is 14.2. The monoisotopic (exact) mass is 605 g/mol. The fourth-order valence-electron chi connectivity index (χ4n) is 4.87. The standard InChI is InChI=1S/C34H31N5O6/c1-21-16-25(9-10-27(21)38-33-36-15-12-28(39-33)24-8-5-14-35-19-24)37-30(41)23-7-4-6-22(17-23)20-45-31(42)26-18-34(2,32(43)44-3)13-11-29(26)40/h4-10,12,14-19H,11,13,20H2,1-3H3,(H,37,41)(H,36,38,39). The highest BCUT2D eigenvalue weighted by molar-refractivity contribution is 6.18. The summed E-state index contributed by atoms with van der Waals surface area (Å²) in [5, 5.41) is 6.10. The highest BCUT2D eigenvalue weighted by Gasteiger charge is 2.39. The Hall–Kier alpha value is -5.71. The Morgan fingerprint density at radius 3 is 2.62 bits per heavy atom. The smallest absolute Gasteiger partial charge is 0.341 e. The molecule has 1 aliphatic rings. The number of Topliss-reactive ketones (excluding diaryl/α,β-unsaturated/α-hetero) is 1. The van der Waals surface area contributed by atoms with Crippen LogP contribution in [0.5, 0.6) is 0 Å². The van der Waals surface area contributed by atoms with Gasteiger partial charge in [0.15, 0.2) is 5.78 Å². The topological polar surface area (TPSA) is 149 Å². The van der Waals surface area contributed by atoms with Crippen LogP contribution < -0.4 is 10.6 Å². The third-order valence-corrected chi connectivity index (χ3v) is 7.41. The van der Waals surface area contributed by atoms with E-state index in [1.165, 1.54) is 13.2 Å². The van der Waals surface area contributed by atoms with E-state index in [2.05, 4.69) is 25.6 Å². The van der Waals surface area contributed by atoms with Gasteiger partial charge in [-0.1, -0.05) is 12.1 Å². The molecule has 1 unspecified atom stereocenters. The predicted molar refractivity (Wildman–Crippen MR) is 166 cm³/mol. The van der Waals surface area contributed by atoms with E-state index < -0.39 is 23.1 Å². The van der Waals surface area contributed by atoms with Crippen LogP contribution in [0.25, 0.3) is 11.3 Å². The first-order valence-corrected chi connectivity index (χ1v) is 14.2. The Balaban J connectivity index is 1.21. The third kappa shape index (κ3) is 7.27. The number of nitrogens with one attached hydrogen (secondary N) is 2. The first-order chi connectivity index (χ1) is 21.6. The first kappa shape index (κ1) is 30.7. The Kier molecular flexibility index (Phi) is 9.08. The second kappa shape index (κ2) is 13.3. The number of carbonyl (C=O) groups excluding carboxylic acids is 4. The quantitative estimate of drug-likeness (QED) is 0.189. The molecule has 0 saturated heterocycles. The molecule has 5 rings (SSSR count). The Morgan fingerprint density at radius 2 is 1.87 bits per heavy atom. The number of carbonyl (C=O) groups is 4. The molecule has 228 valence electrons. The summed E-state index contributed by atoms with van der Waals surface area (Å²) in [7, 11) is 1.26. The SMILES string of the molecule is COC(=O)C1(C)C=C(C(=O)OCc2cccc(C(=O)Nc3ccc(Nc4nccc(-c5cccnc5)n4)c(C)c3)c2)C(=O)CC1. The van der Waals surface area contributed by atoms with Crippen molar-refractivity contribution in [3.63, 3.8) is 0 Å². The molecular weight excluding hydrogens is 574 g/mol. The average molecular weight is 606 g/mol. The van der Waals surface area contributed by atoms with Gasteiger partial charge in [-0.2, -0.15) is 0 Å². The van der Waals surface area contributed by atoms with Gasteiger partial charge in [-0.05, 0) is 86.0 Å². The molecule has 0 saturated carbocycles. The zero-order valence-electron chi connectivity index (χ0n) is 25.0. The summed E-state index contributed by atoms with van der Waals surface area (Å²) in [6, 6.07) is 17.6. The zero-order valence-corrected chi connectivity index (χ0v) is 25.0. The van der Waals surface area contributed by atoms with Crippen molar-refractivity contribution in [2.75, 3.05) is 17.7 Å². The molecule has 1 aliphatic carbocycles. The average Bonchev–Trinajstić information content (AvgIpc) is 3.06. The van der Waals surface area contributed by atoms with E-state index in [9.17, 15) is 19.2 Å². The second-order valence-electron chi connectivity index (χ2n) is 10.8. The molecule has 0 spiro atoms. The van der Waals surface area contributed by atoms with Crippen LogP contribution in [0.4, 0.5) is 17.3 Å². The van der Waals surface area contributed by atoms with Crippen molar-refractivity contribution in [2.24, 2.45) is 5.41 Å². The Morgan fingerprint density at radius 1 is 1.02 bits per heavy atom. The molecule has 4 aromatic rings.